The van der Waals surface area contributed by atoms with Gasteiger partial charge in [-0.15, -0.1) is 0 Å². The second-order valence-corrected chi connectivity index (χ2v) is 6.77. The number of halogens is 2. The van der Waals surface area contributed by atoms with Crippen molar-refractivity contribution in [1.82, 2.24) is 0 Å². The lowest BCUT2D eigenvalue weighted by molar-refractivity contribution is 0.479. The van der Waals surface area contributed by atoms with Gasteiger partial charge in [-0.05, 0) is 24.1 Å². The molecule has 0 bridgehead atoms. The van der Waals surface area contributed by atoms with Crippen LogP contribution in [0.15, 0.2) is 27.7 Å². The molecular formula is C14H18BrFN2S. The molecule has 0 saturated heterocycles. The highest BCUT2D eigenvalue weighted by Crippen LogP contribution is 2.32. The summed E-state index contributed by atoms with van der Waals surface area (Å²) >= 11 is 4.99. The summed E-state index contributed by atoms with van der Waals surface area (Å²) < 4.78 is 14.5. The van der Waals surface area contributed by atoms with Gasteiger partial charge in [-0.3, -0.25) is 4.99 Å². The van der Waals surface area contributed by atoms with Crippen LogP contribution in [-0.4, -0.2) is 17.0 Å². The van der Waals surface area contributed by atoms with Crippen molar-refractivity contribution in [3.8, 4) is 0 Å². The predicted molar refractivity (Wildman–Crippen MR) is 85.5 cm³/mol. The van der Waals surface area contributed by atoms with Gasteiger partial charge in [0.2, 0.25) is 0 Å². The standard InChI is InChI=1S/C14H18BrFN2S/c1-3-9(4-2)13-8-17-14(19-13)18-12-6-5-10(15)7-11(12)16/h5-7,9,13H,3-4,8H2,1-2H3,(H,17,18). The van der Waals surface area contributed by atoms with Crippen LogP contribution in [0.2, 0.25) is 0 Å². The summed E-state index contributed by atoms with van der Waals surface area (Å²) in [4.78, 5) is 4.48. The molecular weight excluding hydrogens is 327 g/mol. The fourth-order valence-corrected chi connectivity index (χ4v) is 3.89. The summed E-state index contributed by atoms with van der Waals surface area (Å²) in [5.41, 5.74) is 0.486. The van der Waals surface area contributed by atoms with Crippen molar-refractivity contribution in [2.24, 2.45) is 10.9 Å². The summed E-state index contributed by atoms with van der Waals surface area (Å²) in [6, 6.07) is 5.01. The van der Waals surface area contributed by atoms with Crippen molar-refractivity contribution in [1.29, 1.82) is 0 Å². The molecule has 0 fully saturated rings. The molecule has 104 valence electrons. The Kier molecular flexibility index (Phi) is 5.28. The van der Waals surface area contributed by atoms with Crippen LogP contribution in [0.1, 0.15) is 26.7 Å². The second kappa shape index (κ2) is 6.75. The molecule has 2 nitrogen and oxygen atoms in total. The number of nitrogens with zero attached hydrogens (tertiary/aromatic N) is 1. The van der Waals surface area contributed by atoms with E-state index in [9.17, 15) is 4.39 Å². The minimum atomic E-state index is -0.261. The number of thioether (sulfide) groups is 1. The molecule has 1 aliphatic heterocycles. The normalized spacial score (nSPS) is 18.8. The van der Waals surface area contributed by atoms with Gasteiger partial charge in [0.15, 0.2) is 5.17 Å². The molecule has 0 aliphatic carbocycles. The Morgan fingerprint density at radius 2 is 2.21 bits per heavy atom. The maximum Gasteiger partial charge on any atom is 0.161 e. The topological polar surface area (TPSA) is 24.4 Å². The first-order valence-electron chi connectivity index (χ1n) is 6.57. The molecule has 1 atom stereocenters. The third-order valence-corrected chi connectivity index (χ3v) is 5.21. The lowest BCUT2D eigenvalue weighted by Crippen LogP contribution is -2.17. The third-order valence-electron chi connectivity index (χ3n) is 3.43. The van der Waals surface area contributed by atoms with E-state index in [1.807, 2.05) is 6.07 Å². The van der Waals surface area contributed by atoms with Crippen molar-refractivity contribution in [3.63, 3.8) is 0 Å². The van der Waals surface area contributed by atoms with Gasteiger partial charge in [0.05, 0.1) is 12.2 Å². The fourth-order valence-electron chi connectivity index (χ4n) is 2.23. The molecule has 0 saturated carbocycles. The van der Waals surface area contributed by atoms with Crippen LogP contribution in [0.4, 0.5) is 10.1 Å². The maximum atomic E-state index is 13.7. The van der Waals surface area contributed by atoms with Gasteiger partial charge < -0.3 is 5.32 Å². The number of anilines is 1. The minimum absolute atomic E-state index is 0.261. The monoisotopic (exact) mass is 344 g/mol. The molecule has 1 aliphatic rings. The van der Waals surface area contributed by atoms with Crippen LogP contribution in [0.5, 0.6) is 0 Å². The zero-order chi connectivity index (χ0) is 13.8. The minimum Gasteiger partial charge on any atom is -0.333 e. The van der Waals surface area contributed by atoms with Gasteiger partial charge in [-0.2, -0.15) is 0 Å². The fraction of sp³-hybridized carbons (Fsp3) is 0.500. The Morgan fingerprint density at radius 1 is 1.47 bits per heavy atom. The molecule has 5 heteroatoms. The Hall–Kier alpha value is -0.550. The van der Waals surface area contributed by atoms with Crippen molar-refractivity contribution >= 4 is 38.5 Å². The first-order valence-corrected chi connectivity index (χ1v) is 8.24. The van der Waals surface area contributed by atoms with E-state index in [1.54, 1.807) is 17.8 Å². The third kappa shape index (κ3) is 3.72. The Labute approximate surface area is 126 Å². The smallest absolute Gasteiger partial charge is 0.161 e. The van der Waals surface area contributed by atoms with E-state index in [1.165, 1.54) is 18.9 Å². The van der Waals surface area contributed by atoms with Gasteiger partial charge in [-0.1, -0.05) is 54.4 Å². The van der Waals surface area contributed by atoms with Crippen LogP contribution >= 0.6 is 27.7 Å². The molecule has 0 spiro atoms. The van der Waals surface area contributed by atoms with Gasteiger partial charge in [0, 0.05) is 9.72 Å². The Morgan fingerprint density at radius 3 is 2.84 bits per heavy atom. The first-order chi connectivity index (χ1) is 9.13. The highest BCUT2D eigenvalue weighted by Gasteiger charge is 2.26. The van der Waals surface area contributed by atoms with E-state index in [4.69, 9.17) is 0 Å². The number of hydrogen-bond donors (Lipinski definition) is 1. The molecule has 1 unspecified atom stereocenters. The summed E-state index contributed by atoms with van der Waals surface area (Å²) in [6.45, 7) is 5.26. The van der Waals surface area contributed by atoms with E-state index in [0.717, 1.165) is 16.2 Å². The average Bonchev–Trinajstić information content (AvgIpc) is 2.83. The van der Waals surface area contributed by atoms with Crippen LogP contribution < -0.4 is 5.32 Å². The van der Waals surface area contributed by atoms with Crippen LogP contribution in [-0.2, 0) is 0 Å². The lowest BCUT2D eigenvalue weighted by atomic mass is 9.99. The molecule has 1 heterocycles. The van der Waals surface area contributed by atoms with Crippen molar-refractivity contribution in [2.45, 2.75) is 31.9 Å². The second-order valence-electron chi connectivity index (χ2n) is 4.63. The zero-order valence-electron chi connectivity index (χ0n) is 11.1. The summed E-state index contributed by atoms with van der Waals surface area (Å²) in [5, 5.41) is 4.44. The number of benzene rings is 1. The van der Waals surface area contributed by atoms with Gasteiger partial charge in [-0.25, -0.2) is 4.39 Å². The average molecular weight is 345 g/mol. The van der Waals surface area contributed by atoms with Gasteiger partial charge >= 0.3 is 0 Å². The molecule has 2 rings (SSSR count). The van der Waals surface area contributed by atoms with E-state index < -0.39 is 0 Å². The molecule has 1 aromatic rings. The van der Waals surface area contributed by atoms with Crippen molar-refractivity contribution < 1.29 is 4.39 Å². The number of amidine groups is 1. The number of nitrogens with one attached hydrogen (secondary N) is 1. The first kappa shape index (κ1) is 14.9. The number of rotatable bonds is 4. The van der Waals surface area contributed by atoms with E-state index in [0.29, 0.717) is 16.9 Å². The summed E-state index contributed by atoms with van der Waals surface area (Å²) in [7, 11) is 0. The largest absolute Gasteiger partial charge is 0.333 e. The molecule has 1 N–H and O–H groups in total. The van der Waals surface area contributed by atoms with E-state index in [-0.39, 0.29) is 5.82 Å². The molecule has 1 aromatic carbocycles. The summed E-state index contributed by atoms with van der Waals surface area (Å²) in [5.74, 6) is 0.423. The zero-order valence-corrected chi connectivity index (χ0v) is 13.5. The molecule has 0 radical (unpaired) electrons. The maximum absolute atomic E-state index is 13.7. The molecule has 0 aromatic heterocycles. The van der Waals surface area contributed by atoms with Crippen LogP contribution in [0, 0.1) is 11.7 Å². The SMILES string of the molecule is CCC(CC)C1CN=C(Nc2ccc(Br)cc2F)S1. The van der Waals surface area contributed by atoms with Crippen LogP contribution in [0.25, 0.3) is 0 Å². The molecule has 0 amide bonds. The highest BCUT2D eigenvalue weighted by molar-refractivity contribution is 9.10. The van der Waals surface area contributed by atoms with Crippen LogP contribution in [0.3, 0.4) is 0 Å². The quantitative estimate of drug-likeness (QED) is 0.839. The Balaban J connectivity index is 1.98. The number of aliphatic imine (C=N–C) groups is 1. The Bertz CT molecular complexity index is 475. The van der Waals surface area contributed by atoms with E-state index in [2.05, 4.69) is 40.1 Å². The van der Waals surface area contributed by atoms with Crippen molar-refractivity contribution in [2.75, 3.05) is 11.9 Å². The number of hydrogen-bond acceptors (Lipinski definition) is 3. The summed E-state index contributed by atoms with van der Waals surface area (Å²) in [6.07, 6.45) is 2.34. The van der Waals surface area contributed by atoms with Crippen molar-refractivity contribution in [3.05, 3.63) is 28.5 Å². The van der Waals surface area contributed by atoms with E-state index >= 15 is 0 Å². The lowest BCUT2D eigenvalue weighted by Gasteiger charge is -2.18. The van der Waals surface area contributed by atoms with Gasteiger partial charge in [0.1, 0.15) is 5.82 Å². The highest BCUT2D eigenvalue weighted by atomic mass is 79.9. The van der Waals surface area contributed by atoms with Gasteiger partial charge in [0.25, 0.3) is 0 Å². The molecule has 19 heavy (non-hydrogen) atoms. The predicted octanol–water partition coefficient (Wildman–Crippen LogP) is 4.91.